The Bertz CT molecular complexity index is 431. The van der Waals surface area contributed by atoms with Crippen LogP contribution in [0.25, 0.3) is 0 Å². The largest absolute Gasteiger partial charge is 0.416 e. The number of benzene rings is 1. The Kier molecular flexibility index (Phi) is 5.01. The molecule has 1 unspecified atom stereocenters. The van der Waals surface area contributed by atoms with Crippen molar-refractivity contribution in [2.24, 2.45) is 0 Å². The van der Waals surface area contributed by atoms with Crippen molar-refractivity contribution in [1.82, 2.24) is 5.48 Å². The smallest absolute Gasteiger partial charge is 0.387 e. The molecule has 20 heavy (non-hydrogen) atoms. The summed E-state index contributed by atoms with van der Waals surface area (Å²) in [4.78, 5) is 5.36. The summed E-state index contributed by atoms with van der Waals surface area (Å²) in [5.74, 6) is 0. The van der Waals surface area contributed by atoms with Crippen LogP contribution in [0, 0.1) is 0 Å². The van der Waals surface area contributed by atoms with Gasteiger partial charge in [-0.15, -0.1) is 0 Å². The second-order valence-corrected chi connectivity index (χ2v) is 5.01. The van der Waals surface area contributed by atoms with Crippen LogP contribution in [-0.4, -0.2) is 17.8 Å². The first-order valence-electron chi connectivity index (χ1n) is 6.70. The van der Waals surface area contributed by atoms with E-state index in [-0.39, 0.29) is 18.2 Å². The van der Waals surface area contributed by atoms with Gasteiger partial charge in [-0.1, -0.05) is 25.0 Å². The molecule has 6 heteroatoms. The lowest BCUT2D eigenvalue weighted by atomic mass is 10.1. The minimum absolute atomic E-state index is 0.0673. The molecular formula is C14H18F3NO2. The van der Waals surface area contributed by atoms with Gasteiger partial charge < -0.3 is 5.11 Å². The highest BCUT2D eigenvalue weighted by molar-refractivity contribution is 5.27. The normalized spacial score (nSPS) is 18.4. The van der Waals surface area contributed by atoms with E-state index in [1.54, 1.807) is 0 Å². The van der Waals surface area contributed by atoms with E-state index >= 15 is 0 Å². The van der Waals surface area contributed by atoms with Gasteiger partial charge in [-0.25, -0.2) is 0 Å². The van der Waals surface area contributed by atoms with E-state index in [2.05, 4.69) is 5.48 Å². The Morgan fingerprint density at radius 1 is 1.30 bits per heavy atom. The van der Waals surface area contributed by atoms with Crippen molar-refractivity contribution in [2.45, 2.75) is 44.1 Å². The van der Waals surface area contributed by atoms with Crippen molar-refractivity contribution in [2.75, 3.05) is 6.54 Å². The van der Waals surface area contributed by atoms with Crippen LogP contribution < -0.4 is 5.48 Å². The number of aliphatic hydroxyl groups is 1. The number of rotatable bonds is 5. The number of halogens is 3. The molecule has 2 rings (SSSR count). The standard InChI is InChI=1S/C14H18F3NO2/c15-14(16,17)11-5-3-4-10(8-11)13(19)9-18-20-12-6-1-2-7-12/h3-5,8,12-13,18-19H,1-2,6-7,9H2. The topological polar surface area (TPSA) is 41.5 Å². The molecule has 1 atom stereocenters. The molecule has 3 nitrogen and oxygen atoms in total. The van der Waals surface area contributed by atoms with Crippen molar-refractivity contribution in [3.63, 3.8) is 0 Å². The number of alkyl halides is 3. The average molecular weight is 289 g/mol. The highest BCUT2D eigenvalue weighted by Crippen LogP contribution is 2.30. The van der Waals surface area contributed by atoms with Crippen LogP contribution in [0.1, 0.15) is 42.9 Å². The Labute approximate surface area is 115 Å². The first-order chi connectivity index (χ1) is 9.47. The van der Waals surface area contributed by atoms with Crippen molar-refractivity contribution in [3.05, 3.63) is 35.4 Å². The van der Waals surface area contributed by atoms with Gasteiger partial charge in [0, 0.05) is 0 Å². The lowest BCUT2D eigenvalue weighted by Crippen LogP contribution is -2.26. The zero-order valence-corrected chi connectivity index (χ0v) is 11.0. The van der Waals surface area contributed by atoms with Crippen LogP contribution in [-0.2, 0) is 11.0 Å². The molecule has 0 spiro atoms. The van der Waals surface area contributed by atoms with Crippen LogP contribution in [0.5, 0.6) is 0 Å². The summed E-state index contributed by atoms with van der Waals surface area (Å²) in [5.41, 5.74) is 2.12. The molecule has 0 heterocycles. The van der Waals surface area contributed by atoms with Crippen molar-refractivity contribution >= 4 is 0 Å². The summed E-state index contributed by atoms with van der Waals surface area (Å²) in [6.07, 6.45) is -1.07. The summed E-state index contributed by atoms with van der Waals surface area (Å²) < 4.78 is 37.7. The van der Waals surface area contributed by atoms with Gasteiger partial charge in [0.25, 0.3) is 0 Å². The third-order valence-corrected chi connectivity index (χ3v) is 3.43. The van der Waals surface area contributed by atoms with E-state index in [4.69, 9.17) is 4.84 Å². The van der Waals surface area contributed by atoms with Crippen molar-refractivity contribution in [1.29, 1.82) is 0 Å². The molecule has 1 aromatic rings. The van der Waals surface area contributed by atoms with E-state index in [9.17, 15) is 18.3 Å². The fraction of sp³-hybridized carbons (Fsp3) is 0.571. The van der Waals surface area contributed by atoms with Gasteiger partial charge in [-0.3, -0.25) is 4.84 Å². The Morgan fingerprint density at radius 3 is 2.65 bits per heavy atom. The molecule has 1 aromatic carbocycles. The summed E-state index contributed by atoms with van der Waals surface area (Å²) in [6, 6.07) is 4.71. The maximum absolute atomic E-state index is 12.6. The molecule has 0 amide bonds. The number of hydroxylamine groups is 1. The summed E-state index contributed by atoms with van der Waals surface area (Å²) in [5, 5.41) is 9.87. The van der Waals surface area contributed by atoms with E-state index in [0.29, 0.717) is 0 Å². The number of aliphatic hydroxyl groups excluding tert-OH is 1. The minimum Gasteiger partial charge on any atom is -0.387 e. The predicted molar refractivity (Wildman–Crippen MR) is 67.7 cm³/mol. The molecule has 0 radical (unpaired) electrons. The maximum atomic E-state index is 12.6. The fourth-order valence-corrected chi connectivity index (χ4v) is 2.29. The van der Waals surface area contributed by atoms with Gasteiger partial charge in [0.2, 0.25) is 0 Å². The first kappa shape index (κ1) is 15.3. The van der Waals surface area contributed by atoms with Crippen LogP contribution in [0.2, 0.25) is 0 Å². The first-order valence-corrected chi connectivity index (χ1v) is 6.70. The SMILES string of the molecule is OC(CNOC1CCCC1)c1cccc(C(F)(F)F)c1. The van der Waals surface area contributed by atoms with Gasteiger partial charge in [-0.05, 0) is 30.5 Å². The lowest BCUT2D eigenvalue weighted by molar-refractivity contribution is -0.137. The van der Waals surface area contributed by atoms with E-state index < -0.39 is 17.8 Å². The molecule has 1 fully saturated rings. The molecule has 1 saturated carbocycles. The second kappa shape index (κ2) is 6.56. The predicted octanol–water partition coefficient (Wildman–Crippen LogP) is 3.20. The molecular weight excluding hydrogens is 271 g/mol. The van der Waals surface area contributed by atoms with Crippen LogP contribution in [0.4, 0.5) is 13.2 Å². The molecule has 2 N–H and O–H groups in total. The van der Waals surface area contributed by atoms with E-state index in [1.165, 1.54) is 12.1 Å². The zero-order chi connectivity index (χ0) is 14.6. The average Bonchev–Trinajstić information content (AvgIpc) is 2.91. The highest BCUT2D eigenvalue weighted by atomic mass is 19.4. The molecule has 0 aliphatic heterocycles. The highest BCUT2D eigenvalue weighted by Gasteiger charge is 2.30. The Morgan fingerprint density at radius 2 is 2.00 bits per heavy atom. The van der Waals surface area contributed by atoms with Crippen LogP contribution in [0.3, 0.4) is 0 Å². The number of nitrogens with one attached hydrogen (secondary N) is 1. The Balaban J connectivity index is 1.86. The van der Waals surface area contributed by atoms with E-state index in [0.717, 1.165) is 37.8 Å². The van der Waals surface area contributed by atoms with Gasteiger partial charge in [0.05, 0.1) is 24.3 Å². The van der Waals surface area contributed by atoms with Crippen LogP contribution >= 0.6 is 0 Å². The van der Waals surface area contributed by atoms with E-state index in [1.807, 2.05) is 0 Å². The molecule has 0 saturated heterocycles. The molecule has 1 aliphatic carbocycles. The lowest BCUT2D eigenvalue weighted by Gasteiger charge is -2.16. The van der Waals surface area contributed by atoms with Gasteiger partial charge in [-0.2, -0.15) is 18.7 Å². The van der Waals surface area contributed by atoms with Gasteiger partial charge in [0.1, 0.15) is 0 Å². The fourth-order valence-electron chi connectivity index (χ4n) is 2.29. The quantitative estimate of drug-likeness (QED) is 0.818. The molecule has 112 valence electrons. The van der Waals surface area contributed by atoms with Gasteiger partial charge >= 0.3 is 6.18 Å². The summed E-state index contributed by atoms with van der Waals surface area (Å²) in [7, 11) is 0. The van der Waals surface area contributed by atoms with Crippen molar-refractivity contribution in [3.8, 4) is 0 Å². The maximum Gasteiger partial charge on any atom is 0.416 e. The third-order valence-electron chi connectivity index (χ3n) is 3.43. The second-order valence-electron chi connectivity index (χ2n) is 5.01. The monoisotopic (exact) mass is 289 g/mol. The van der Waals surface area contributed by atoms with Crippen molar-refractivity contribution < 1.29 is 23.1 Å². The number of hydrogen-bond acceptors (Lipinski definition) is 3. The molecule has 0 bridgehead atoms. The number of hydrogen-bond donors (Lipinski definition) is 2. The minimum atomic E-state index is -4.40. The summed E-state index contributed by atoms with van der Waals surface area (Å²) >= 11 is 0. The zero-order valence-electron chi connectivity index (χ0n) is 11.0. The van der Waals surface area contributed by atoms with Crippen LogP contribution in [0.15, 0.2) is 24.3 Å². The summed E-state index contributed by atoms with van der Waals surface area (Å²) in [6.45, 7) is 0.0673. The molecule has 0 aromatic heterocycles. The van der Waals surface area contributed by atoms with Gasteiger partial charge in [0.15, 0.2) is 0 Å². The molecule has 1 aliphatic rings. The third kappa shape index (κ3) is 4.19. The Hall–Kier alpha value is -1.11.